The summed E-state index contributed by atoms with van der Waals surface area (Å²) in [6.07, 6.45) is 0. The van der Waals surface area contributed by atoms with Gasteiger partial charge in [-0.15, -0.1) is 0 Å². The summed E-state index contributed by atoms with van der Waals surface area (Å²) in [5.74, 6) is -0.563. The average molecular weight is 378 g/mol. The third-order valence-corrected chi connectivity index (χ3v) is 5.34. The first-order chi connectivity index (χ1) is 9.76. The molecule has 0 aliphatic carbocycles. The standard InChI is InChI=1S/C14H20BrNO4S/c1-11(14(17)20-3)10-16(2)8-9-21(18,19)13-6-4-12(15)5-7-13/h4-7,11H,8-10H2,1-3H3. The number of nitrogens with zero attached hydrogens (tertiary/aromatic N) is 1. The maximum absolute atomic E-state index is 12.2. The van der Waals surface area contributed by atoms with Gasteiger partial charge < -0.3 is 9.64 Å². The smallest absolute Gasteiger partial charge is 0.309 e. The van der Waals surface area contributed by atoms with Crippen molar-refractivity contribution in [1.82, 2.24) is 4.90 Å². The van der Waals surface area contributed by atoms with Crippen molar-refractivity contribution < 1.29 is 17.9 Å². The van der Waals surface area contributed by atoms with Crippen molar-refractivity contribution in [3.8, 4) is 0 Å². The SMILES string of the molecule is COC(=O)C(C)CN(C)CCS(=O)(=O)c1ccc(Br)cc1. The van der Waals surface area contributed by atoms with Crippen LogP contribution in [0, 0.1) is 5.92 Å². The Bertz CT molecular complexity index is 571. The maximum atomic E-state index is 12.2. The number of rotatable bonds is 7. The van der Waals surface area contributed by atoms with Gasteiger partial charge in [0.05, 0.1) is 23.7 Å². The van der Waals surface area contributed by atoms with Gasteiger partial charge in [-0.3, -0.25) is 4.79 Å². The van der Waals surface area contributed by atoms with E-state index in [0.717, 1.165) is 4.47 Å². The van der Waals surface area contributed by atoms with Crippen molar-refractivity contribution in [1.29, 1.82) is 0 Å². The normalized spacial score (nSPS) is 13.2. The lowest BCUT2D eigenvalue weighted by Gasteiger charge is -2.19. The zero-order valence-corrected chi connectivity index (χ0v) is 14.8. The number of methoxy groups -OCH3 is 1. The minimum atomic E-state index is -3.31. The van der Waals surface area contributed by atoms with Crippen molar-refractivity contribution in [2.24, 2.45) is 5.92 Å². The largest absolute Gasteiger partial charge is 0.469 e. The van der Waals surface area contributed by atoms with Gasteiger partial charge in [0.1, 0.15) is 0 Å². The third kappa shape index (κ3) is 5.76. The van der Waals surface area contributed by atoms with Crippen LogP contribution in [0.15, 0.2) is 33.6 Å². The van der Waals surface area contributed by atoms with Crippen LogP contribution in [0.1, 0.15) is 6.92 Å². The molecule has 7 heteroatoms. The Labute approximate surface area is 134 Å². The van der Waals surface area contributed by atoms with Crippen LogP contribution < -0.4 is 0 Å². The predicted molar refractivity (Wildman–Crippen MR) is 84.9 cm³/mol. The fourth-order valence-electron chi connectivity index (χ4n) is 1.87. The van der Waals surface area contributed by atoms with Crippen LogP contribution in [0.25, 0.3) is 0 Å². The van der Waals surface area contributed by atoms with Crippen molar-refractivity contribution in [2.45, 2.75) is 11.8 Å². The fourth-order valence-corrected chi connectivity index (χ4v) is 3.47. The third-order valence-electron chi connectivity index (χ3n) is 3.10. The van der Waals surface area contributed by atoms with E-state index >= 15 is 0 Å². The molecule has 1 rings (SSSR count). The molecule has 1 aromatic rings. The number of carbonyl (C=O) groups is 1. The number of esters is 1. The van der Waals surface area contributed by atoms with E-state index in [1.165, 1.54) is 7.11 Å². The van der Waals surface area contributed by atoms with Gasteiger partial charge in [-0.05, 0) is 31.3 Å². The zero-order chi connectivity index (χ0) is 16.0. The summed E-state index contributed by atoms with van der Waals surface area (Å²) in [5.41, 5.74) is 0. The highest BCUT2D eigenvalue weighted by molar-refractivity contribution is 9.10. The summed E-state index contributed by atoms with van der Waals surface area (Å²) in [6.45, 7) is 2.58. The molecule has 21 heavy (non-hydrogen) atoms. The Morgan fingerprint density at radius 2 is 1.90 bits per heavy atom. The lowest BCUT2D eigenvalue weighted by molar-refractivity contribution is -0.145. The van der Waals surface area contributed by atoms with Gasteiger partial charge in [-0.25, -0.2) is 8.42 Å². The molecule has 0 radical (unpaired) electrons. The highest BCUT2D eigenvalue weighted by Crippen LogP contribution is 2.16. The molecule has 5 nitrogen and oxygen atoms in total. The Hall–Kier alpha value is -0.920. The first kappa shape index (κ1) is 18.1. The molecular formula is C14H20BrNO4S. The van der Waals surface area contributed by atoms with Crippen LogP contribution in [0.2, 0.25) is 0 Å². The van der Waals surface area contributed by atoms with Crippen molar-refractivity contribution >= 4 is 31.7 Å². The molecule has 0 spiro atoms. The van der Waals surface area contributed by atoms with Gasteiger partial charge in [-0.1, -0.05) is 22.9 Å². The molecule has 118 valence electrons. The monoisotopic (exact) mass is 377 g/mol. The average Bonchev–Trinajstić information content (AvgIpc) is 2.44. The summed E-state index contributed by atoms with van der Waals surface area (Å²) < 4.78 is 29.9. The fraction of sp³-hybridized carbons (Fsp3) is 0.500. The maximum Gasteiger partial charge on any atom is 0.309 e. The van der Waals surface area contributed by atoms with Gasteiger partial charge in [0.25, 0.3) is 0 Å². The number of carbonyl (C=O) groups excluding carboxylic acids is 1. The zero-order valence-electron chi connectivity index (χ0n) is 12.4. The number of ether oxygens (including phenoxy) is 1. The summed E-state index contributed by atoms with van der Waals surface area (Å²) in [5, 5.41) is 0. The molecule has 0 N–H and O–H groups in total. The highest BCUT2D eigenvalue weighted by Gasteiger charge is 2.18. The van der Waals surface area contributed by atoms with E-state index in [-0.39, 0.29) is 17.6 Å². The van der Waals surface area contributed by atoms with E-state index in [9.17, 15) is 13.2 Å². The molecule has 0 heterocycles. The molecule has 0 aromatic heterocycles. The Balaban J connectivity index is 2.57. The predicted octanol–water partition coefficient (Wildman–Crippen LogP) is 1.96. The van der Waals surface area contributed by atoms with E-state index in [1.807, 2.05) is 4.90 Å². The molecule has 1 unspecified atom stereocenters. The minimum Gasteiger partial charge on any atom is -0.469 e. The molecule has 0 amide bonds. The molecule has 0 fully saturated rings. The summed E-state index contributed by atoms with van der Waals surface area (Å²) >= 11 is 3.28. The summed E-state index contributed by atoms with van der Waals surface area (Å²) in [6, 6.07) is 6.57. The van der Waals surface area contributed by atoms with Gasteiger partial charge >= 0.3 is 5.97 Å². The molecule has 0 saturated carbocycles. The number of sulfone groups is 1. The van der Waals surface area contributed by atoms with Crippen LogP contribution in [-0.2, 0) is 19.4 Å². The van der Waals surface area contributed by atoms with Crippen LogP contribution in [-0.4, -0.2) is 52.3 Å². The van der Waals surface area contributed by atoms with Crippen LogP contribution >= 0.6 is 15.9 Å². The molecule has 0 aliphatic rings. The second-order valence-corrected chi connectivity index (χ2v) is 7.98. The lowest BCUT2D eigenvalue weighted by atomic mass is 10.2. The lowest BCUT2D eigenvalue weighted by Crippen LogP contribution is -2.32. The first-order valence-electron chi connectivity index (χ1n) is 6.51. The Morgan fingerprint density at radius 1 is 1.33 bits per heavy atom. The van der Waals surface area contributed by atoms with Crippen LogP contribution in [0.3, 0.4) is 0 Å². The van der Waals surface area contributed by atoms with Gasteiger partial charge in [0, 0.05) is 17.6 Å². The summed E-state index contributed by atoms with van der Waals surface area (Å²) in [7, 11) is -0.180. The molecule has 0 aliphatic heterocycles. The van der Waals surface area contributed by atoms with E-state index in [0.29, 0.717) is 18.0 Å². The Morgan fingerprint density at radius 3 is 2.43 bits per heavy atom. The Kier molecular flexibility index (Phi) is 6.83. The molecule has 0 bridgehead atoms. The van der Waals surface area contributed by atoms with Crippen molar-refractivity contribution in [3.05, 3.63) is 28.7 Å². The quantitative estimate of drug-likeness (QED) is 0.679. The number of benzene rings is 1. The van der Waals surface area contributed by atoms with Crippen LogP contribution in [0.5, 0.6) is 0 Å². The second kappa shape index (κ2) is 7.91. The topological polar surface area (TPSA) is 63.7 Å². The minimum absolute atomic E-state index is 0.0129. The van der Waals surface area contributed by atoms with Gasteiger partial charge in [-0.2, -0.15) is 0 Å². The van der Waals surface area contributed by atoms with Crippen LogP contribution in [0.4, 0.5) is 0 Å². The molecule has 0 saturated heterocycles. The van der Waals surface area contributed by atoms with E-state index in [2.05, 4.69) is 20.7 Å². The highest BCUT2D eigenvalue weighted by atomic mass is 79.9. The number of halogens is 1. The molecule has 1 aromatic carbocycles. The van der Waals surface area contributed by atoms with E-state index in [1.54, 1.807) is 38.2 Å². The van der Waals surface area contributed by atoms with Crippen molar-refractivity contribution in [3.63, 3.8) is 0 Å². The van der Waals surface area contributed by atoms with Gasteiger partial charge in [0.15, 0.2) is 9.84 Å². The molecule has 1 atom stereocenters. The molecular weight excluding hydrogens is 358 g/mol. The number of hydrogen-bond donors (Lipinski definition) is 0. The number of hydrogen-bond acceptors (Lipinski definition) is 5. The second-order valence-electron chi connectivity index (χ2n) is 4.96. The van der Waals surface area contributed by atoms with Crippen molar-refractivity contribution in [2.75, 3.05) is 33.0 Å². The van der Waals surface area contributed by atoms with E-state index in [4.69, 9.17) is 0 Å². The summed E-state index contributed by atoms with van der Waals surface area (Å²) in [4.78, 5) is 13.5. The van der Waals surface area contributed by atoms with Gasteiger partial charge in [0.2, 0.25) is 0 Å². The first-order valence-corrected chi connectivity index (χ1v) is 8.95. The van der Waals surface area contributed by atoms with E-state index < -0.39 is 9.84 Å².